The van der Waals surface area contributed by atoms with E-state index < -0.39 is 15.1 Å². The van der Waals surface area contributed by atoms with E-state index in [-0.39, 0.29) is 16.9 Å². The van der Waals surface area contributed by atoms with Gasteiger partial charge in [-0.25, -0.2) is 13.4 Å². The largest absolute Gasteiger partial charge is 0.480 e. The number of hydrogen-bond acceptors (Lipinski definition) is 5. The first-order valence-corrected chi connectivity index (χ1v) is 7.17. The molecule has 0 aliphatic carbocycles. The smallest absolute Gasteiger partial charge is 0.250 e. The van der Waals surface area contributed by atoms with Crippen molar-refractivity contribution in [1.29, 1.82) is 0 Å². The van der Waals surface area contributed by atoms with E-state index in [9.17, 15) is 8.42 Å². The number of sulfone groups is 1. The number of aromatic nitrogens is 2. The zero-order valence-corrected chi connectivity index (χ0v) is 11.8. The predicted octanol–water partition coefficient (Wildman–Crippen LogP) is 1.65. The number of halogens is 2. The summed E-state index contributed by atoms with van der Waals surface area (Å²) >= 11 is 8.66. The molecule has 0 fully saturated rings. The lowest BCUT2D eigenvalue weighted by atomic mass is 10.6. The molecule has 1 rings (SSSR count). The highest BCUT2D eigenvalue weighted by molar-refractivity contribution is 9.10. The van der Waals surface area contributed by atoms with Crippen LogP contribution in [0.15, 0.2) is 15.8 Å². The van der Waals surface area contributed by atoms with Gasteiger partial charge in [-0.15, -0.1) is 11.6 Å². The highest BCUT2D eigenvalue weighted by Crippen LogP contribution is 2.23. The standard InChI is InChI=1S/C8H10BrClN2O3S/c1-5(3-10)16(13,14)8-11-4-6(9)7(12-8)15-2/h4-5H,3H2,1-2H3. The van der Waals surface area contributed by atoms with Crippen molar-refractivity contribution in [3.63, 3.8) is 0 Å². The number of hydrogen-bond donors (Lipinski definition) is 0. The van der Waals surface area contributed by atoms with Crippen LogP contribution in [0.1, 0.15) is 6.92 Å². The molecule has 16 heavy (non-hydrogen) atoms. The van der Waals surface area contributed by atoms with Crippen molar-refractivity contribution in [1.82, 2.24) is 9.97 Å². The molecule has 1 heterocycles. The molecule has 0 bridgehead atoms. The molecule has 8 heteroatoms. The Morgan fingerprint density at radius 2 is 2.25 bits per heavy atom. The first-order valence-electron chi connectivity index (χ1n) is 4.30. The lowest BCUT2D eigenvalue weighted by Gasteiger charge is -2.09. The highest BCUT2D eigenvalue weighted by atomic mass is 79.9. The van der Waals surface area contributed by atoms with Crippen LogP contribution in [0.3, 0.4) is 0 Å². The summed E-state index contributed by atoms with van der Waals surface area (Å²) in [5, 5.41) is -1.01. The molecule has 0 amide bonds. The number of alkyl halides is 1. The number of rotatable bonds is 4. The molecule has 90 valence electrons. The number of nitrogens with zero attached hydrogens (tertiary/aromatic N) is 2. The van der Waals surface area contributed by atoms with E-state index in [1.807, 2.05) is 0 Å². The highest BCUT2D eigenvalue weighted by Gasteiger charge is 2.26. The fourth-order valence-corrected chi connectivity index (χ4v) is 2.67. The molecular formula is C8H10BrClN2O3S. The summed E-state index contributed by atoms with van der Waals surface area (Å²) in [5.74, 6) is 0.166. The normalized spacial score (nSPS) is 13.5. The molecule has 0 aliphatic rings. The second kappa shape index (κ2) is 5.29. The third kappa shape index (κ3) is 2.64. The summed E-state index contributed by atoms with van der Waals surface area (Å²) in [7, 11) is -2.20. The molecule has 5 nitrogen and oxygen atoms in total. The van der Waals surface area contributed by atoms with E-state index in [1.54, 1.807) is 0 Å². The Labute approximate surface area is 107 Å². The van der Waals surface area contributed by atoms with Crippen LogP contribution < -0.4 is 4.74 Å². The SMILES string of the molecule is COc1nc(S(=O)(=O)C(C)CCl)ncc1Br. The molecule has 0 saturated heterocycles. The zero-order valence-electron chi connectivity index (χ0n) is 8.65. The van der Waals surface area contributed by atoms with E-state index in [4.69, 9.17) is 16.3 Å². The fraction of sp³-hybridized carbons (Fsp3) is 0.500. The van der Waals surface area contributed by atoms with Crippen LogP contribution in [0.4, 0.5) is 0 Å². The van der Waals surface area contributed by atoms with Gasteiger partial charge < -0.3 is 4.74 Å². The average molecular weight is 330 g/mol. The maximum absolute atomic E-state index is 11.9. The molecule has 1 aromatic heterocycles. The van der Waals surface area contributed by atoms with Crippen molar-refractivity contribution in [3.8, 4) is 5.88 Å². The van der Waals surface area contributed by atoms with Crippen molar-refractivity contribution in [2.24, 2.45) is 0 Å². The van der Waals surface area contributed by atoms with Crippen LogP contribution in [0.5, 0.6) is 5.88 Å². The monoisotopic (exact) mass is 328 g/mol. The number of ether oxygens (including phenoxy) is 1. The minimum Gasteiger partial charge on any atom is -0.480 e. The summed E-state index contributed by atoms with van der Waals surface area (Å²) in [6, 6.07) is 0. The van der Waals surface area contributed by atoms with Crippen molar-refractivity contribution in [3.05, 3.63) is 10.7 Å². The van der Waals surface area contributed by atoms with Crippen molar-refractivity contribution in [2.75, 3.05) is 13.0 Å². The Balaban J connectivity index is 3.24. The first kappa shape index (κ1) is 13.7. The summed E-state index contributed by atoms with van der Waals surface area (Å²) in [5.41, 5.74) is 0. The van der Waals surface area contributed by atoms with Crippen molar-refractivity contribution in [2.45, 2.75) is 17.3 Å². The zero-order chi connectivity index (χ0) is 12.3. The average Bonchev–Trinajstić information content (AvgIpc) is 2.28. The van der Waals surface area contributed by atoms with Gasteiger partial charge in [0.15, 0.2) is 0 Å². The minimum absolute atomic E-state index is 0.00985. The molecule has 0 N–H and O–H groups in total. The molecule has 0 spiro atoms. The van der Waals surface area contributed by atoms with Crippen LogP contribution in [-0.4, -0.2) is 36.6 Å². The van der Waals surface area contributed by atoms with Gasteiger partial charge >= 0.3 is 0 Å². The van der Waals surface area contributed by atoms with E-state index >= 15 is 0 Å². The molecular weight excluding hydrogens is 320 g/mol. The van der Waals surface area contributed by atoms with Crippen LogP contribution in [0.25, 0.3) is 0 Å². The third-order valence-electron chi connectivity index (χ3n) is 1.88. The lowest BCUT2D eigenvalue weighted by Crippen LogP contribution is -2.22. The van der Waals surface area contributed by atoms with Gasteiger partial charge in [-0.1, -0.05) is 0 Å². The summed E-state index contributed by atoms with van der Waals surface area (Å²) < 4.78 is 29.1. The molecule has 1 aromatic rings. The van der Waals surface area contributed by atoms with Gasteiger partial charge in [-0.3, -0.25) is 0 Å². The number of methoxy groups -OCH3 is 1. The minimum atomic E-state index is -3.59. The second-order valence-electron chi connectivity index (χ2n) is 3.02. The maximum atomic E-state index is 11.9. The van der Waals surface area contributed by atoms with E-state index in [0.29, 0.717) is 4.47 Å². The Morgan fingerprint density at radius 3 is 2.75 bits per heavy atom. The maximum Gasteiger partial charge on any atom is 0.250 e. The summed E-state index contributed by atoms with van der Waals surface area (Å²) in [6.07, 6.45) is 1.33. The van der Waals surface area contributed by atoms with Gasteiger partial charge in [0.2, 0.25) is 15.7 Å². The second-order valence-corrected chi connectivity index (χ2v) is 6.44. The molecule has 1 unspecified atom stereocenters. The van der Waals surface area contributed by atoms with Gasteiger partial charge in [0, 0.05) is 12.1 Å². The Hall–Kier alpha value is -0.400. The van der Waals surface area contributed by atoms with E-state index in [2.05, 4.69) is 25.9 Å². The van der Waals surface area contributed by atoms with Gasteiger partial charge in [0.05, 0.1) is 16.8 Å². The fourth-order valence-electron chi connectivity index (χ4n) is 0.879. The molecule has 0 saturated carbocycles. The predicted molar refractivity (Wildman–Crippen MR) is 63.7 cm³/mol. The van der Waals surface area contributed by atoms with Gasteiger partial charge in [0.1, 0.15) is 0 Å². The molecule has 0 aromatic carbocycles. The van der Waals surface area contributed by atoms with Crippen LogP contribution in [-0.2, 0) is 9.84 Å². The Kier molecular flexibility index (Phi) is 4.52. The van der Waals surface area contributed by atoms with Crippen molar-refractivity contribution < 1.29 is 13.2 Å². The van der Waals surface area contributed by atoms with E-state index in [1.165, 1.54) is 20.2 Å². The summed E-state index contributed by atoms with van der Waals surface area (Å²) in [6.45, 7) is 1.50. The van der Waals surface area contributed by atoms with E-state index in [0.717, 1.165) is 0 Å². The van der Waals surface area contributed by atoms with Crippen LogP contribution >= 0.6 is 27.5 Å². The van der Waals surface area contributed by atoms with Gasteiger partial charge in [0.25, 0.3) is 5.16 Å². The quantitative estimate of drug-likeness (QED) is 0.620. The Morgan fingerprint density at radius 1 is 1.62 bits per heavy atom. The Bertz CT molecular complexity index is 480. The van der Waals surface area contributed by atoms with Crippen LogP contribution in [0, 0.1) is 0 Å². The van der Waals surface area contributed by atoms with Gasteiger partial charge in [-0.2, -0.15) is 4.98 Å². The van der Waals surface area contributed by atoms with Crippen LogP contribution in [0.2, 0.25) is 0 Å². The molecule has 0 radical (unpaired) electrons. The lowest BCUT2D eigenvalue weighted by molar-refractivity contribution is 0.388. The first-order chi connectivity index (χ1) is 7.43. The third-order valence-corrected chi connectivity index (χ3v) is 5.01. The molecule has 0 aliphatic heterocycles. The molecule has 1 atom stereocenters. The van der Waals surface area contributed by atoms with Crippen molar-refractivity contribution >= 4 is 37.4 Å². The summed E-state index contributed by atoms with van der Waals surface area (Å²) in [4.78, 5) is 7.55. The topological polar surface area (TPSA) is 69.2 Å². The van der Waals surface area contributed by atoms with Gasteiger partial charge in [-0.05, 0) is 22.9 Å².